The van der Waals surface area contributed by atoms with Crippen LogP contribution in [0.25, 0.3) is 0 Å². The molecule has 0 fully saturated rings. The third kappa shape index (κ3) is 21.0. The first-order valence-corrected chi connectivity index (χ1v) is 11.8. The first kappa shape index (κ1) is 27.1. The molecule has 0 spiro atoms. The molecule has 148 valence electrons. The van der Waals surface area contributed by atoms with Gasteiger partial charge in [-0.1, -0.05) is 107 Å². The normalized spacial score (nSPS) is 11.0. The fourth-order valence-electron chi connectivity index (χ4n) is 3.22. The van der Waals surface area contributed by atoms with Gasteiger partial charge in [-0.3, -0.25) is 0 Å². The van der Waals surface area contributed by atoms with Crippen molar-refractivity contribution >= 4 is 32.9 Å². The molecule has 0 rings (SSSR count). The Bertz CT molecular complexity index is 196. The minimum Gasteiger partial charge on any atom is -0.314 e. The Labute approximate surface area is 172 Å². The van der Waals surface area contributed by atoms with Crippen molar-refractivity contribution in [1.29, 1.82) is 0 Å². The molecule has 0 aliphatic carbocycles. The average molecular weight is 471 g/mol. The van der Waals surface area contributed by atoms with Crippen LogP contribution in [-0.4, -0.2) is 17.9 Å². The molecule has 0 aromatic rings. The number of hydrogen-bond donors (Lipinski definition) is 1. The molecule has 1 N–H and O–H groups in total. The van der Waals surface area contributed by atoms with Crippen LogP contribution in [0.2, 0.25) is 0 Å². The monoisotopic (exact) mass is 469 g/mol. The van der Waals surface area contributed by atoms with Gasteiger partial charge >= 0.3 is 0 Å². The molecule has 0 bridgehead atoms. The lowest BCUT2D eigenvalue weighted by molar-refractivity contribution is 0.409. The maximum absolute atomic E-state index is 3.84. The zero-order valence-electron chi connectivity index (χ0n) is 16.6. The molecule has 0 unspecified atom stereocenters. The van der Waals surface area contributed by atoms with E-state index < -0.39 is 0 Å². The fourth-order valence-corrected chi connectivity index (χ4v) is 3.61. The molecule has 1 nitrogen and oxygen atoms in total. The lowest BCUT2D eigenvalue weighted by atomic mass is 10.00. The Hall–Kier alpha value is 0.920. The smallest absolute Gasteiger partial charge is 0.00670 e. The van der Waals surface area contributed by atoms with E-state index in [1.807, 2.05) is 0 Å². The summed E-state index contributed by atoms with van der Waals surface area (Å²) in [6.45, 7) is 5.81. The van der Waals surface area contributed by atoms with Crippen molar-refractivity contribution in [2.45, 2.75) is 123 Å². The van der Waals surface area contributed by atoms with E-state index in [2.05, 4.69) is 35.1 Å². The number of nitrogens with one attached hydrogen (secondary N) is 1. The van der Waals surface area contributed by atoms with Crippen LogP contribution in [0.5, 0.6) is 0 Å². The van der Waals surface area contributed by atoms with Crippen molar-refractivity contribution in [1.82, 2.24) is 5.32 Å². The van der Waals surface area contributed by atoms with Crippen LogP contribution in [0.15, 0.2) is 0 Å². The molecule has 0 atom stereocenters. The van der Waals surface area contributed by atoms with Crippen molar-refractivity contribution in [2.75, 3.05) is 11.9 Å². The Morgan fingerprint density at radius 2 is 1.08 bits per heavy atom. The molecule has 0 aliphatic heterocycles. The topological polar surface area (TPSA) is 12.0 Å². The molecule has 24 heavy (non-hydrogen) atoms. The van der Waals surface area contributed by atoms with Crippen LogP contribution in [0.3, 0.4) is 0 Å². The van der Waals surface area contributed by atoms with Gasteiger partial charge in [-0.2, -0.15) is 0 Å². The van der Waals surface area contributed by atoms with Gasteiger partial charge < -0.3 is 5.32 Å². The summed E-state index contributed by atoms with van der Waals surface area (Å²) in [6, 6.07) is 0.780. The Balaban J connectivity index is 0. The lowest BCUT2D eigenvalue weighted by Crippen LogP contribution is -2.30. The maximum atomic E-state index is 3.84. The van der Waals surface area contributed by atoms with Crippen LogP contribution < -0.4 is 5.32 Å². The number of unbranched alkanes of at least 4 members (excludes halogenated alkanes) is 11. The first-order chi connectivity index (χ1) is 11.3. The number of halogens is 2. The quantitative estimate of drug-likeness (QED) is 0.148. The van der Waals surface area contributed by atoms with E-state index in [4.69, 9.17) is 0 Å². The summed E-state index contributed by atoms with van der Waals surface area (Å²) in [7, 11) is 0. The first-order valence-electron chi connectivity index (χ1n) is 10.6. The average Bonchev–Trinajstić information content (AvgIpc) is 2.57. The summed E-state index contributed by atoms with van der Waals surface area (Å²) in [4.78, 5) is 0. The van der Waals surface area contributed by atoms with Crippen LogP contribution in [0, 0.1) is 0 Å². The highest BCUT2D eigenvalue weighted by molar-refractivity contribution is 9.09. The SMILES string of the molecule is Br.CCCCCCCCC(CCCCCCCC)NCCCCBr. The van der Waals surface area contributed by atoms with E-state index in [9.17, 15) is 0 Å². The summed E-state index contributed by atoms with van der Waals surface area (Å²) in [5, 5.41) is 4.98. The highest BCUT2D eigenvalue weighted by Crippen LogP contribution is 2.14. The Kier molecular flexibility index (Phi) is 27.1. The molecule has 3 heteroatoms. The zero-order valence-corrected chi connectivity index (χ0v) is 19.9. The van der Waals surface area contributed by atoms with Crippen LogP contribution in [0.4, 0.5) is 0 Å². The van der Waals surface area contributed by atoms with Crippen molar-refractivity contribution in [3.63, 3.8) is 0 Å². The minimum atomic E-state index is 0. The van der Waals surface area contributed by atoms with Crippen LogP contribution in [0.1, 0.15) is 117 Å². The molecular formula is C21H45Br2N. The third-order valence-corrected chi connectivity index (χ3v) is 5.37. The second kappa shape index (κ2) is 23.9. The molecule has 0 aromatic carbocycles. The Morgan fingerprint density at radius 1 is 0.625 bits per heavy atom. The van der Waals surface area contributed by atoms with E-state index in [1.54, 1.807) is 0 Å². The number of alkyl halides is 1. The van der Waals surface area contributed by atoms with Crippen molar-refractivity contribution in [2.24, 2.45) is 0 Å². The molecule has 0 aliphatic rings. The van der Waals surface area contributed by atoms with Crippen LogP contribution in [-0.2, 0) is 0 Å². The van der Waals surface area contributed by atoms with Gasteiger partial charge in [0.1, 0.15) is 0 Å². The Morgan fingerprint density at radius 3 is 1.54 bits per heavy atom. The van der Waals surface area contributed by atoms with Gasteiger partial charge in [0.2, 0.25) is 0 Å². The van der Waals surface area contributed by atoms with Gasteiger partial charge in [-0.25, -0.2) is 0 Å². The van der Waals surface area contributed by atoms with Gasteiger partial charge in [0, 0.05) is 11.4 Å². The third-order valence-electron chi connectivity index (χ3n) is 4.81. The summed E-state index contributed by atoms with van der Waals surface area (Å²) >= 11 is 3.53. The summed E-state index contributed by atoms with van der Waals surface area (Å²) in [5.74, 6) is 0. The predicted octanol–water partition coefficient (Wildman–Crippen LogP) is 8.20. The van der Waals surface area contributed by atoms with Crippen molar-refractivity contribution in [3.8, 4) is 0 Å². The largest absolute Gasteiger partial charge is 0.314 e. The lowest BCUT2D eigenvalue weighted by Gasteiger charge is -2.19. The van der Waals surface area contributed by atoms with Gasteiger partial charge in [-0.05, 0) is 32.2 Å². The van der Waals surface area contributed by atoms with Crippen molar-refractivity contribution in [3.05, 3.63) is 0 Å². The molecule has 0 radical (unpaired) electrons. The standard InChI is InChI=1S/C21H44BrN.BrH/c1-3-5-7-9-11-13-17-21(23-20-16-15-19-22)18-14-12-10-8-6-4-2;/h21,23H,3-20H2,1-2H3;1H. The van der Waals surface area contributed by atoms with E-state index in [0.717, 1.165) is 11.4 Å². The van der Waals surface area contributed by atoms with Gasteiger partial charge in [0.25, 0.3) is 0 Å². The summed E-state index contributed by atoms with van der Waals surface area (Å²) < 4.78 is 0. The van der Waals surface area contributed by atoms with Gasteiger partial charge in [-0.15, -0.1) is 17.0 Å². The van der Waals surface area contributed by atoms with Gasteiger partial charge in [0.05, 0.1) is 0 Å². The summed E-state index contributed by atoms with van der Waals surface area (Å²) in [5.41, 5.74) is 0. The molecule has 0 saturated heterocycles. The van der Waals surface area contributed by atoms with E-state index >= 15 is 0 Å². The van der Waals surface area contributed by atoms with Crippen molar-refractivity contribution < 1.29 is 0 Å². The molecule has 0 aromatic heterocycles. The fraction of sp³-hybridized carbons (Fsp3) is 1.00. The molecule has 0 saturated carbocycles. The highest BCUT2D eigenvalue weighted by atomic mass is 79.9. The predicted molar refractivity (Wildman–Crippen MR) is 121 cm³/mol. The minimum absolute atomic E-state index is 0. The second-order valence-corrected chi connectivity index (χ2v) is 7.95. The van der Waals surface area contributed by atoms with E-state index in [0.29, 0.717) is 0 Å². The molecule has 0 heterocycles. The van der Waals surface area contributed by atoms with Crippen LogP contribution >= 0.6 is 32.9 Å². The second-order valence-electron chi connectivity index (χ2n) is 7.16. The summed E-state index contributed by atoms with van der Waals surface area (Å²) in [6.07, 6.45) is 22.5. The molecular weight excluding hydrogens is 426 g/mol. The highest BCUT2D eigenvalue weighted by Gasteiger charge is 2.07. The van der Waals surface area contributed by atoms with E-state index in [1.165, 1.54) is 109 Å². The number of hydrogen-bond acceptors (Lipinski definition) is 1. The number of rotatable bonds is 19. The van der Waals surface area contributed by atoms with Gasteiger partial charge in [0.15, 0.2) is 0 Å². The zero-order chi connectivity index (χ0) is 17.0. The molecule has 0 amide bonds. The maximum Gasteiger partial charge on any atom is 0.00670 e. The van der Waals surface area contributed by atoms with E-state index in [-0.39, 0.29) is 17.0 Å².